The molecule has 0 fully saturated rings. The van der Waals surface area contributed by atoms with Gasteiger partial charge in [-0.05, 0) is 19.1 Å². The summed E-state index contributed by atoms with van der Waals surface area (Å²) in [5.41, 5.74) is 0.827. The second-order valence-electron chi connectivity index (χ2n) is 3.59. The highest BCUT2D eigenvalue weighted by Crippen LogP contribution is 2.35. The van der Waals surface area contributed by atoms with E-state index in [2.05, 4.69) is 6.58 Å². The molecule has 2 unspecified atom stereocenters. The maximum Gasteiger partial charge on any atom is 0.129 e. The van der Waals surface area contributed by atoms with Gasteiger partial charge in [-0.15, -0.1) is 0 Å². The Bertz CT molecular complexity index is 373. The van der Waals surface area contributed by atoms with Crippen molar-refractivity contribution >= 4 is 0 Å². The Labute approximate surface area is 88.9 Å². The van der Waals surface area contributed by atoms with Gasteiger partial charge in [-0.25, -0.2) is 0 Å². The second kappa shape index (κ2) is 3.95. The Hall–Kier alpha value is -1.48. The van der Waals surface area contributed by atoms with Gasteiger partial charge in [0, 0.05) is 11.6 Å². The van der Waals surface area contributed by atoms with Crippen molar-refractivity contribution in [3.05, 3.63) is 36.4 Å². The minimum Gasteiger partial charge on any atom is -0.490 e. The minimum atomic E-state index is -0.508. The van der Waals surface area contributed by atoms with Crippen molar-refractivity contribution < 1.29 is 14.6 Å². The summed E-state index contributed by atoms with van der Waals surface area (Å²) < 4.78 is 10.9. The zero-order chi connectivity index (χ0) is 10.8. The van der Waals surface area contributed by atoms with Crippen LogP contribution in [0.25, 0.3) is 0 Å². The molecule has 0 amide bonds. The van der Waals surface area contributed by atoms with E-state index in [0.29, 0.717) is 12.4 Å². The summed E-state index contributed by atoms with van der Waals surface area (Å²) in [6.07, 6.45) is 1.18. The van der Waals surface area contributed by atoms with Crippen LogP contribution >= 0.6 is 0 Å². The van der Waals surface area contributed by atoms with Gasteiger partial charge in [-0.2, -0.15) is 0 Å². The van der Waals surface area contributed by atoms with Crippen LogP contribution in [0.15, 0.2) is 30.9 Å². The van der Waals surface area contributed by atoms with Gasteiger partial charge in [0.15, 0.2) is 0 Å². The quantitative estimate of drug-likeness (QED) is 0.769. The Morgan fingerprint density at radius 3 is 3.20 bits per heavy atom. The fourth-order valence-corrected chi connectivity index (χ4v) is 1.51. The van der Waals surface area contributed by atoms with E-state index in [9.17, 15) is 5.11 Å². The number of benzene rings is 1. The van der Waals surface area contributed by atoms with E-state index in [1.54, 1.807) is 12.1 Å². The van der Waals surface area contributed by atoms with Crippen LogP contribution < -0.4 is 9.47 Å². The van der Waals surface area contributed by atoms with Crippen molar-refractivity contribution in [2.24, 2.45) is 0 Å². The lowest BCUT2D eigenvalue weighted by molar-refractivity contribution is 0.140. The number of fused-ring (bicyclic) bond motifs is 1. The van der Waals surface area contributed by atoms with Gasteiger partial charge in [0.05, 0.1) is 0 Å². The molecule has 0 aliphatic carbocycles. The molecule has 0 radical (unpaired) electrons. The zero-order valence-electron chi connectivity index (χ0n) is 8.64. The standard InChI is InChI=1S/C12H14O3/c1-3-8(2)15-9-4-5-10-11(13)7-14-12(10)6-9/h3-6,8,11,13H,1,7H2,2H3. The molecule has 0 spiro atoms. The lowest BCUT2D eigenvalue weighted by Crippen LogP contribution is -2.07. The monoisotopic (exact) mass is 206 g/mol. The van der Waals surface area contributed by atoms with Crippen LogP contribution in [0.2, 0.25) is 0 Å². The molecule has 2 atom stereocenters. The number of hydrogen-bond acceptors (Lipinski definition) is 3. The van der Waals surface area contributed by atoms with Crippen LogP contribution in [0.4, 0.5) is 0 Å². The largest absolute Gasteiger partial charge is 0.490 e. The first-order chi connectivity index (χ1) is 7.20. The van der Waals surface area contributed by atoms with Crippen molar-refractivity contribution in [2.45, 2.75) is 19.1 Å². The van der Waals surface area contributed by atoms with Crippen LogP contribution in [0.1, 0.15) is 18.6 Å². The zero-order valence-corrected chi connectivity index (χ0v) is 8.64. The maximum atomic E-state index is 9.52. The van der Waals surface area contributed by atoms with Crippen LogP contribution in [0, 0.1) is 0 Å². The number of aliphatic hydroxyl groups is 1. The molecule has 0 saturated carbocycles. The molecule has 80 valence electrons. The molecular weight excluding hydrogens is 192 g/mol. The molecule has 1 aromatic rings. The molecule has 3 heteroatoms. The van der Waals surface area contributed by atoms with Crippen molar-refractivity contribution in [1.82, 2.24) is 0 Å². The molecule has 3 nitrogen and oxygen atoms in total. The molecule has 1 heterocycles. The molecule has 1 aliphatic rings. The Morgan fingerprint density at radius 2 is 2.47 bits per heavy atom. The number of ether oxygens (including phenoxy) is 2. The summed E-state index contributed by atoms with van der Waals surface area (Å²) in [5, 5.41) is 9.52. The molecule has 1 N–H and O–H groups in total. The maximum absolute atomic E-state index is 9.52. The highest BCUT2D eigenvalue weighted by Gasteiger charge is 2.22. The first-order valence-corrected chi connectivity index (χ1v) is 4.94. The first-order valence-electron chi connectivity index (χ1n) is 4.94. The molecule has 1 aromatic carbocycles. The van der Waals surface area contributed by atoms with Crippen LogP contribution in [-0.4, -0.2) is 17.8 Å². The molecule has 0 saturated heterocycles. The highest BCUT2D eigenvalue weighted by atomic mass is 16.5. The third-order valence-corrected chi connectivity index (χ3v) is 2.39. The number of aliphatic hydroxyl groups excluding tert-OH is 1. The van der Waals surface area contributed by atoms with E-state index in [1.807, 2.05) is 19.1 Å². The number of rotatable bonds is 3. The summed E-state index contributed by atoms with van der Waals surface area (Å²) in [6, 6.07) is 5.46. The van der Waals surface area contributed by atoms with Crippen molar-refractivity contribution in [2.75, 3.05) is 6.61 Å². The topological polar surface area (TPSA) is 38.7 Å². The van der Waals surface area contributed by atoms with Gasteiger partial charge in [-0.3, -0.25) is 0 Å². The summed E-state index contributed by atoms with van der Waals surface area (Å²) in [5.74, 6) is 1.44. The van der Waals surface area contributed by atoms with Crippen LogP contribution in [-0.2, 0) is 0 Å². The van der Waals surface area contributed by atoms with Crippen LogP contribution in [0.3, 0.4) is 0 Å². The Balaban J connectivity index is 2.19. The average Bonchev–Trinajstić information content (AvgIpc) is 2.60. The van der Waals surface area contributed by atoms with Crippen LogP contribution in [0.5, 0.6) is 11.5 Å². The summed E-state index contributed by atoms with van der Waals surface area (Å²) >= 11 is 0. The van der Waals surface area contributed by atoms with E-state index in [4.69, 9.17) is 9.47 Å². The normalized spacial score (nSPS) is 20.3. The third kappa shape index (κ3) is 1.97. The van der Waals surface area contributed by atoms with Gasteiger partial charge < -0.3 is 14.6 Å². The lowest BCUT2D eigenvalue weighted by Gasteiger charge is -2.11. The predicted molar refractivity (Wildman–Crippen MR) is 57.2 cm³/mol. The van der Waals surface area contributed by atoms with E-state index in [-0.39, 0.29) is 6.10 Å². The molecule has 1 aliphatic heterocycles. The Morgan fingerprint density at radius 1 is 1.67 bits per heavy atom. The molecule has 0 bridgehead atoms. The molecule has 15 heavy (non-hydrogen) atoms. The van der Waals surface area contributed by atoms with Gasteiger partial charge in [-0.1, -0.05) is 12.7 Å². The smallest absolute Gasteiger partial charge is 0.129 e. The van der Waals surface area contributed by atoms with E-state index in [1.165, 1.54) is 0 Å². The molecule has 0 aromatic heterocycles. The summed E-state index contributed by atoms with van der Waals surface area (Å²) in [4.78, 5) is 0. The van der Waals surface area contributed by atoms with Gasteiger partial charge in [0.25, 0.3) is 0 Å². The number of hydrogen-bond donors (Lipinski definition) is 1. The van der Waals surface area contributed by atoms with Crippen molar-refractivity contribution in [3.63, 3.8) is 0 Å². The average molecular weight is 206 g/mol. The Kier molecular flexibility index (Phi) is 2.64. The molecule has 2 rings (SSSR count). The van der Waals surface area contributed by atoms with Crippen molar-refractivity contribution in [3.8, 4) is 11.5 Å². The van der Waals surface area contributed by atoms with Crippen molar-refractivity contribution in [1.29, 1.82) is 0 Å². The van der Waals surface area contributed by atoms with E-state index >= 15 is 0 Å². The first kappa shape index (κ1) is 10.1. The SMILES string of the molecule is C=CC(C)Oc1ccc2c(c1)OCC2O. The van der Waals surface area contributed by atoms with E-state index in [0.717, 1.165) is 11.3 Å². The minimum absolute atomic E-state index is 0.0330. The third-order valence-electron chi connectivity index (χ3n) is 2.39. The van der Waals surface area contributed by atoms with Gasteiger partial charge >= 0.3 is 0 Å². The fourth-order valence-electron chi connectivity index (χ4n) is 1.51. The fraction of sp³-hybridized carbons (Fsp3) is 0.333. The lowest BCUT2D eigenvalue weighted by atomic mass is 10.1. The highest BCUT2D eigenvalue weighted by molar-refractivity contribution is 5.44. The second-order valence-corrected chi connectivity index (χ2v) is 3.59. The van der Waals surface area contributed by atoms with Gasteiger partial charge in [0.1, 0.15) is 30.3 Å². The predicted octanol–water partition coefficient (Wildman–Crippen LogP) is 2.07. The summed E-state index contributed by atoms with van der Waals surface area (Å²) in [6.45, 7) is 5.89. The summed E-state index contributed by atoms with van der Waals surface area (Å²) in [7, 11) is 0. The molecular formula is C12H14O3. The van der Waals surface area contributed by atoms with E-state index < -0.39 is 6.10 Å². The van der Waals surface area contributed by atoms with Gasteiger partial charge in [0.2, 0.25) is 0 Å².